The van der Waals surface area contributed by atoms with Gasteiger partial charge in [0, 0.05) is 5.69 Å². The summed E-state index contributed by atoms with van der Waals surface area (Å²) in [6.45, 7) is 1.97. The Morgan fingerprint density at radius 1 is 1.24 bits per heavy atom. The molecule has 6 heteroatoms. The van der Waals surface area contributed by atoms with Crippen molar-refractivity contribution in [3.05, 3.63) is 65.5 Å². The Morgan fingerprint density at radius 3 is 2.92 bits per heavy atom. The number of fused-ring (bicyclic) bond motifs is 1. The maximum absolute atomic E-state index is 12.8. The average molecular weight is 333 g/mol. The van der Waals surface area contributed by atoms with Crippen LogP contribution in [0.15, 0.2) is 48.8 Å². The van der Waals surface area contributed by atoms with Gasteiger partial charge < -0.3 is 5.32 Å². The Balaban J connectivity index is 1.55. The van der Waals surface area contributed by atoms with Crippen LogP contribution in [-0.2, 0) is 11.2 Å². The first-order valence-electron chi connectivity index (χ1n) is 8.45. The molecule has 0 fully saturated rings. The molecular formula is C19H19N5O. The third kappa shape index (κ3) is 3.03. The van der Waals surface area contributed by atoms with Crippen LogP contribution in [0.1, 0.15) is 35.4 Å². The molecule has 1 heterocycles. The van der Waals surface area contributed by atoms with Gasteiger partial charge in [0.1, 0.15) is 6.33 Å². The van der Waals surface area contributed by atoms with Crippen LogP contribution < -0.4 is 5.32 Å². The van der Waals surface area contributed by atoms with E-state index in [1.807, 2.05) is 37.3 Å². The van der Waals surface area contributed by atoms with E-state index in [-0.39, 0.29) is 11.8 Å². The van der Waals surface area contributed by atoms with E-state index in [1.54, 1.807) is 11.0 Å². The molecule has 1 aliphatic carbocycles. The number of nitrogens with one attached hydrogen (secondary N) is 1. The molecule has 3 aromatic rings. The van der Waals surface area contributed by atoms with Gasteiger partial charge in [-0.2, -0.15) is 0 Å². The van der Waals surface area contributed by atoms with Crippen LogP contribution in [0.5, 0.6) is 0 Å². The van der Waals surface area contributed by atoms with Crippen molar-refractivity contribution in [1.29, 1.82) is 0 Å². The minimum atomic E-state index is -0.0792. The SMILES string of the molecule is Cc1cc(NC(=O)C2CCCc3ccccc32)ccc1-n1cnnn1. The first-order valence-corrected chi connectivity index (χ1v) is 8.45. The number of carbonyl (C=O) groups excluding carboxylic acids is 1. The molecule has 0 spiro atoms. The molecule has 0 bridgehead atoms. The molecule has 126 valence electrons. The lowest BCUT2D eigenvalue weighted by atomic mass is 9.82. The van der Waals surface area contributed by atoms with Crippen LogP contribution >= 0.6 is 0 Å². The molecular weight excluding hydrogens is 314 g/mol. The van der Waals surface area contributed by atoms with Gasteiger partial charge in [0.05, 0.1) is 11.6 Å². The lowest BCUT2D eigenvalue weighted by Gasteiger charge is -2.24. The Bertz CT molecular complexity index is 904. The highest BCUT2D eigenvalue weighted by molar-refractivity contribution is 5.96. The molecule has 6 nitrogen and oxygen atoms in total. The van der Waals surface area contributed by atoms with Crippen molar-refractivity contribution in [3.63, 3.8) is 0 Å². The fourth-order valence-corrected chi connectivity index (χ4v) is 3.52. The summed E-state index contributed by atoms with van der Waals surface area (Å²) in [6.07, 6.45) is 4.55. The second-order valence-electron chi connectivity index (χ2n) is 6.39. The summed E-state index contributed by atoms with van der Waals surface area (Å²) in [5.74, 6) is -0.0221. The molecule has 1 unspecified atom stereocenters. The zero-order valence-electron chi connectivity index (χ0n) is 14.0. The summed E-state index contributed by atoms with van der Waals surface area (Å²) in [4.78, 5) is 12.8. The third-order valence-electron chi connectivity index (χ3n) is 4.75. The minimum absolute atomic E-state index is 0.0572. The number of aromatic nitrogens is 4. The van der Waals surface area contributed by atoms with E-state index in [0.717, 1.165) is 41.8 Å². The lowest BCUT2D eigenvalue weighted by Crippen LogP contribution is -2.24. The third-order valence-corrected chi connectivity index (χ3v) is 4.75. The largest absolute Gasteiger partial charge is 0.326 e. The van der Waals surface area contributed by atoms with Gasteiger partial charge in [-0.3, -0.25) is 4.79 Å². The number of anilines is 1. The Labute approximate surface area is 145 Å². The van der Waals surface area contributed by atoms with Gasteiger partial charge in [-0.15, -0.1) is 5.10 Å². The first-order chi connectivity index (χ1) is 12.2. The Hall–Kier alpha value is -3.02. The quantitative estimate of drug-likeness (QED) is 0.799. The van der Waals surface area contributed by atoms with Gasteiger partial charge in [0.15, 0.2) is 0 Å². The van der Waals surface area contributed by atoms with Crippen LogP contribution in [-0.4, -0.2) is 26.1 Å². The molecule has 4 rings (SSSR count). The fraction of sp³-hybridized carbons (Fsp3) is 0.263. The maximum atomic E-state index is 12.8. The lowest BCUT2D eigenvalue weighted by molar-refractivity contribution is -0.117. The summed E-state index contributed by atoms with van der Waals surface area (Å²) in [6, 6.07) is 14.0. The number of aryl methyl sites for hydroxylation is 2. The Morgan fingerprint density at radius 2 is 2.12 bits per heavy atom. The number of benzene rings is 2. The standard InChI is InChI=1S/C19H19N5O/c1-13-11-15(9-10-18(13)24-12-20-22-23-24)21-19(25)17-8-4-6-14-5-2-3-7-16(14)17/h2-3,5,7,9-12,17H,4,6,8H2,1H3,(H,21,25). The summed E-state index contributed by atoms with van der Waals surface area (Å²) < 4.78 is 1.61. The zero-order chi connectivity index (χ0) is 17.2. The Kier molecular flexibility index (Phi) is 4.01. The number of rotatable bonds is 3. The normalized spacial score (nSPS) is 16.3. The highest BCUT2D eigenvalue weighted by atomic mass is 16.1. The fourth-order valence-electron chi connectivity index (χ4n) is 3.52. The molecule has 1 amide bonds. The molecule has 1 atom stereocenters. The van der Waals surface area contributed by atoms with Gasteiger partial charge in [-0.1, -0.05) is 24.3 Å². The predicted octanol–water partition coefficient (Wildman–Crippen LogP) is 3.03. The minimum Gasteiger partial charge on any atom is -0.326 e. The summed E-state index contributed by atoms with van der Waals surface area (Å²) >= 11 is 0. The van der Waals surface area contributed by atoms with E-state index in [4.69, 9.17) is 0 Å². The van der Waals surface area contributed by atoms with Crippen molar-refractivity contribution >= 4 is 11.6 Å². The molecule has 0 saturated heterocycles. The number of hydrogen-bond donors (Lipinski definition) is 1. The van der Waals surface area contributed by atoms with Crippen molar-refractivity contribution in [2.45, 2.75) is 32.1 Å². The topological polar surface area (TPSA) is 72.7 Å². The summed E-state index contributed by atoms with van der Waals surface area (Å²) in [5.41, 5.74) is 5.13. The van der Waals surface area contributed by atoms with Gasteiger partial charge in [-0.05, 0) is 71.5 Å². The van der Waals surface area contributed by atoms with Crippen LogP contribution in [0.3, 0.4) is 0 Å². The number of nitrogens with zero attached hydrogens (tertiary/aromatic N) is 4. The molecule has 0 radical (unpaired) electrons. The maximum Gasteiger partial charge on any atom is 0.231 e. The van der Waals surface area contributed by atoms with E-state index in [0.29, 0.717) is 0 Å². The van der Waals surface area contributed by atoms with Gasteiger partial charge in [-0.25, -0.2) is 4.68 Å². The van der Waals surface area contributed by atoms with Crippen molar-refractivity contribution in [2.24, 2.45) is 0 Å². The average Bonchev–Trinajstić information content (AvgIpc) is 3.15. The number of tetrazole rings is 1. The van der Waals surface area contributed by atoms with Crippen LogP contribution in [0.25, 0.3) is 5.69 Å². The molecule has 2 aromatic carbocycles. The van der Waals surface area contributed by atoms with E-state index >= 15 is 0 Å². The monoisotopic (exact) mass is 333 g/mol. The smallest absolute Gasteiger partial charge is 0.231 e. The zero-order valence-corrected chi connectivity index (χ0v) is 14.0. The molecule has 25 heavy (non-hydrogen) atoms. The number of amides is 1. The van der Waals surface area contributed by atoms with E-state index in [9.17, 15) is 4.79 Å². The predicted molar refractivity (Wildman–Crippen MR) is 94.6 cm³/mol. The van der Waals surface area contributed by atoms with Gasteiger partial charge in [0.2, 0.25) is 5.91 Å². The van der Waals surface area contributed by atoms with Crippen LogP contribution in [0.4, 0.5) is 5.69 Å². The summed E-state index contributed by atoms with van der Waals surface area (Å²) in [7, 11) is 0. The number of carbonyl (C=O) groups is 1. The molecule has 1 aliphatic rings. The molecule has 1 aromatic heterocycles. The van der Waals surface area contributed by atoms with E-state index < -0.39 is 0 Å². The van der Waals surface area contributed by atoms with Crippen molar-refractivity contribution in [3.8, 4) is 5.69 Å². The van der Waals surface area contributed by atoms with Crippen molar-refractivity contribution in [1.82, 2.24) is 20.2 Å². The molecule has 1 N–H and O–H groups in total. The van der Waals surface area contributed by atoms with Crippen molar-refractivity contribution in [2.75, 3.05) is 5.32 Å². The van der Waals surface area contributed by atoms with Crippen LogP contribution in [0, 0.1) is 6.92 Å². The van der Waals surface area contributed by atoms with E-state index in [1.165, 1.54) is 5.56 Å². The first kappa shape index (κ1) is 15.5. The second kappa shape index (κ2) is 6.47. The van der Waals surface area contributed by atoms with E-state index in [2.05, 4.69) is 33.0 Å². The molecule has 0 aliphatic heterocycles. The van der Waals surface area contributed by atoms with Crippen molar-refractivity contribution < 1.29 is 4.79 Å². The van der Waals surface area contributed by atoms with Crippen LogP contribution in [0.2, 0.25) is 0 Å². The summed E-state index contributed by atoms with van der Waals surface area (Å²) in [5, 5.41) is 14.3. The van der Waals surface area contributed by atoms with Gasteiger partial charge in [0.25, 0.3) is 0 Å². The van der Waals surface area contributed by atoms with Gasteiger partial charge >= 0.3 is 0 Å². The highest BCUT2D eigenvalue weighted by Crippen LogP contribution is 2.32. The molecule has 0 saturated carbocycles. The second-order valence-corrected chi connectivity index (χ2v) is 6.39. The number of hydrogen-bond acceptors (Lipinski definition) is 4. The highest BCUT2D eigenvalue weighted by Gasteiger charge is 2.26.